The summed E-state index contributed by atoms with van der Waals surface area (Å²) in [5.74, 6) is 0. The van der Waals surface area contributed by atoms with Crippen molar-refractivity contribution in [2.75, 3.05) is 5.73 Å². The number of anilines is 1. The number of halogens is 1. The summed E-state index contributed by atoms with van der Waals surface area (Å²) in [5.41, 5.74) is 6.11. The van der Waals surface area contributed by atoms with Crippen LogP contribution in [-0.2, 0) is 16.6 Å². The van der Waals surface area contributed by atoms with Gasteiger partial charge in [-0.25, -0.2) is 8.42 Å². The first kappa shape index (κ1) is 14.8. The number of nitrogen functional groups attached to an aromatic ring is 1. The molecule has 1 aromatic heterocycles. The lowest BCUT2D eigenvalue weighted by Gasteiger charge is -2.22. The molecule has 7 heteroatoms. The van der Waals surface area contributed by atoms with Gasteiger partial charge in [0.15, 0.2) is 0 Å². The molecule has 2 aromatic rings. The van der Waals surface area contributed by atoms with Crippen LogP contribution in [0.15, 0.2) is 40.6 Å². The first-order chi connectivity index (χ1) is 9.98. The average Bonchev–Trinajstić information content (AvgIpc) is 3.14. The Hall–Kier alpha value is -1.08. The van der Waals surface area contributed by atoms with Crippen molar-refractivity contribution in [3.05, 3.63) is 45.6 Å². The van der Waals surface area contributed by atoms with Gasteiger partial charge in [0, 0.05) is 23.2 Å². The van der Waals surface area contributed by atoms with Gasteiger partial charge in [0.25, 0.3) is 0 Å². The third-order valence-corrected chi connectivity index (χ3v) is 6.63. The zero-order valence-electron chi connectivity index (χ0n) is 11.2. The van der Waals surface area contributed by atoms with Crippen LogP contribution < -0.4 is 5.73 Å². The van der Waals surface area contributed by atoms with E-state index in [0.29, 0.717) is 12.2 Å². The summed E-state index contributed by atoms with van der Waals surface area (Å²) in [6, 6.07) is 8.49. The van der Waals surface area contributed by atoms with Crippen molar-refractivity contribution in [3.63, 3.8) is 0 Å². The smallest absolute Gasteiger partial charge is 0.245 e. The van der Waals surface area contributed by atoms with Crippen LogP contribution >= 0.6 is 22.9 Å². The minimum atomic E-state index is -3.64. The largest absolute Gasteiger partial charge is 0.399 e. The molecule has 1 aromatic carbocycles. The minimum Gasteiger partial charge on any atom is -0.399 e. The number of benzene rings is 1. The average molecular weight is 343 g/mol. The van der Waals surface area contributed by atoms with Gasteiger partial charge in [-0.15, -0.1) is 11.3 Å². The molecule has 1 heterocycles. The summed E-state index contributed by atoms with van der Waals surface area (Å²) in [5, 5.41) is 2.15. The Morgan fingerprint density at radius 3 is 2.71 bits per heavy atom. The molecule has 0 amide bonds. The Kier molecular flexibility index (Phi) is 3.96. The monoisotopic (exact) mass is 342 g/mol. The third kappa shape index (κ3) is 3.08. The highest BCUT2D eigenvalue weighted by Gasteiger charge is 2.39. The van der Waals surface area contributed by atoms with E-state index in [0.717, 1.165) is 17.7 Å². The van der Waals surface area contributed by atoms with E-state index >= 15 is 0 Å². The number of nitrogens with two attached hydrogens (primary N) is 1. The summed E-state index contributed by atoms with van der Waals surface area (Å²) in [7, 11) is -3.64. The zero-order valence-corrected chi connectivity index (χ0v) is 13.6. The Balaban J connectivity index is 1.99. The molecule has 0 saturated heterocycles. The molecule has 0 radical (unpaired) electrons. The Bertz CT molecular complexity index is 740. The molecule has 0 spiro atoms. The van der Waals surface area contributed by atoms with Crippen molar-refractivity contribution < 1.29 is 8.42 Å². The zero-order chi connectivity index (χ0) is 15.0. The molecule has 1 aliphatic rings. The molecule has 0 atom stereocenters. The van der Waals surface area contributed by atoms with Gasteiger partial charge in [-0.1, -0.05) is 17.7 Å². The Morgan fingerprint density at radius 2 is 2.10 bits per heavy atom. The fourth-order valence-corrected chi connectivity index (χ4v) is 5.13. The van der Waals surface area contributed by atoms with Gasteiger partial charge in [-0.05, 0) is 42.5 Å². The highest BCUT2D eigenvalue weighted by Crippen LogP contribution is 2.36. The number of hydrogen-bond acceptors (Lipinski definition) is 4. The van der Waals surface area contributed by atoms with Crippen molar-refractivity contribution in [2.45, 2.75) is 30.3 Å². The highest BCUT2D eigenvalue weighted by atomic mass is 35.5. The van der Waals surface area contributed by atoms with Gasteiger partial charge >= 0.3 is 0 Å². The Labute approximate surface area is 133 Å². The van der Waals surface area contributed by atoms with Crippen molar-refractivity contribution in [1.29, 1.82) is 0 Å². The molecule has 0 unspecified atom stereocenters. The summed E-state index contributed by atoms with van der Waals surface area (Å²) in [6.07, 6.45) is 1.79. The van der Waals surface area contributed by atoms with Crippen LogP contribution in [0.1, 0.15) is 17.7 Å². The number of thiophene rings is 1. The van der Waals surface area contributed by atoms with E-state index < -0.39 is 10.0 Å². The van der Waals surface area contributed by atoms with Crippen molar-refractivity contribution in [1.82, 2.24) is 4.31 Å². The van der Waals surface area contributed by atoms with Crippen LogP contribution in [0.3, 0.4) is 0 Å². The van der Waals surface area contributed by atoms with Crippen LogP contribution in [0, 0.1) is 0 Å². The molecule has 21 heavy (non-hydrogen) atoms. The van der Waals surface area contributed by atoms with E-state index in [9.17, 15) is 8.42 Å². The SMILES string of the molecule is Nc1ccc(Cl)c(S(=O)(=O)N(Cc2cccs2)C2CC2)c1. The molecular weight excluding hydrogens is 328 g/mol. The quantitative estimate of drug-likeness (QED) is 0.847. The maximum Gasteiger partial charge on any atom is 0.245 e. The fraction of sp³-hybridized carbons (Fsp3) is 0.286. The molecule has 3 rings (SSSR count). The van der Waals surface area contributed by atoms with Gasteiger partial charge < -0.3 is 5.73 Å². The predicted molar refractivity (Wildman–Crippen MR) is 85.9 cm³/mol. The van der Waals surface area contributed by atoms with Gasteiger partial charge in [0.05, 0.1) is 5.02 Å². The summed E-state index contributed by atoms with van der Waals surface area (Å²) in [4.78, 5) is 1.11. The second-order valence-electron chi connectivity index (χ2n) is 5.05. The normalized spacial score (nSPS) is 15.5. The summed E-state index contributed by atoms with van der Waals surface area (Å²) in [6.45, 7) is 0.385. The number of rotatable bonds is 5. The minimum absolute atomic E-state index is 0.0644. The third-order valence-electron chi connectivity index (χ3n) is 3.39. The van der Waals surface area contributed by atoms with Crippen molar-refractivity contribution in [3.8, 4) is 0 Å². The van der Waals surface area contributed by atoms with E-state index in [2.05, 4.69) is 0 Å². The van der Waals surface area contributed by atoms with Crippen LogP contribution in [0.25, 0.3) is 0 Å². The number of hydrogen-bond donors (Lipinski definition) is 1. The topological polar surface area (TPSA) is 63.4 Å². The molecule has 0 bridgehead atoms. The van der Waals surface area contributed by atoms with Crippen molar-refractivity contribution >= 4 is 38.6 Å². The Morgan fingerprint density at radius 1 is 1.33 bits per heavy atom. The van der Waals surface area contributed by atoms with Gasteiger partial charge in [-0.3, -0.25) is 0 Å². The van der Waals surface area contributed by atoms with E-state index in [-0.39, 0.29) is 16.0 Å². The molecule has 0 aliphatic heterocycles. The lowest BCUT2D eigenvalue weighted by molar-refractivity contribution is 0.401. The van der Waals surface area contributed by atoms with Crippen LogP contribution in [-0.4, -0.2) is 18.8 Å². The van der Waals surface area contributed by atoms with Crippen LogP contribution in [0.2, 0.25) is 5.02 Å². The van der Waals surface area contributed by atoms with E-state index in [1.54, 1.807) is 21.7 Å². The molecule has 2 N–H and O–H groups in total. The van der Waals surface area contributed by atoms with E-state index in [4.69, 9.17) is 17.3 Å². The second-order valence-corrected chi connectivity index (χ2v) is 8.35. The molecule has 112 valence electrons. The molecule has 1 fully saturated rings. The summed E-state index contributed by atoms with van der Waals surface area (Å²) >= 11 is 7.62. The van der Waals surface area contributed by atoms with Gasteiger partial charge in [0.1, 0.15) is 4.90 Å². The second kappa shape index (κ2) is 5.61. The van der Waals surface area contributed by atoms with Gasteiger partial charge in [0.2, 0.25) is 10.0 Å². The van der Waals surface area contributed by atoms with Crippen molar-refractivity contribution in [2.24, 2.45) is 0 Å². The summed E-state index contributed by atoms with van der Waals surface area (Å²) < 4.78 is 27.3. The first-order valence-electron chi connectivity index (χ1n) is 6.58. The molecular formula is C14H15ClN2O2S2. The lowest BCUT2D eigenvalue weighted by Crippen LogP contribution is -2.32. The van der Waals surface area contributed by atoms with Gasteiger partial charge in [-0.2, -0.15) is 4.31 Å². The maximum atomic E-state index is 12.9. The lowest BCUT2D eigenvalue weighted by atomic mass is 10.3. The fourth-order valence-electron chi connectivity index (χ4n) is 2.17. The highest BCUT2D eigenvalue weighted by molar-refractivity contribution is 7.89. The van der Waals surface area contributed by atoms with E-state index in [1.165, 1.54) is 12.1 Å². The molecule has 1 aliphatic carbocycles. The first-order valence-corrected chi connectivity index (χ1v) is 9.27. The van der Waals surface area contributed by atoms with Crippen LogP contribution in [0.4, 0.5) is 5.69 Å². The maximum absolute atomic E-state index is 12.9. The number of sulfonamides is 1. The standard InChI is InChI=1S/C14H15ClN2O2S2/c15-13-6-3-10(16)8-14(13)21(18,19)17(11-4-5-11)9-12-2-1-7-20-12/h1-3,6-8,11H,4-5,9,16H2. The van der Waals surface area contributed by atoms with E-state index in [1.807, 2.05) is 17.5 Å². The predicted octanol–water partition coefficient (Wildman–Crippen LogP) is 3.34. The number of nitrogens with zero attached hydrogens (tertiary/aromatic N) is 1. The van der Waals surface area contributed by atoms with Crippen LogP contribution in [0.5, 0.6) is 0 Å². The molecule has 4 nitrogen and oxygen atoms in total. The molecule has 1 saturated carbocycles.